The molecule has 1 heterocycles. The van der Waals surface area contributed by atoms with E-state index in [0.717, 1.165) is 25.8 Å². The Kier molecular flexibility index (Phi) is 17.5. The zero-order valence-corrected chi connectivity index (χ0v) is 22.3. The first-order valence-electron chi connectivity index (χ1n) is 11.4. The number of rotatable bonds is 13. The van der Waals surface area contributed by atoms with Gasteiger partial charge in [-0.2, -0.15) is 0 Å². The van der Waals surface area contributed by atoms with Crippen LogP contribution in [-0.4, -0.2) is 30.3 Å². The third-order valence-electron chi connectivity index (χ3n) is 5.37. The predicted octanol–water partition coefficient (Wildman–Crippen LogP) is 2.81. The van der Waals surface area contributed by atoms with E-state index in [1.807, 2.05) is 0 Å². The van der Waals surface area contributed by atoms with Gasteiger partial charge in [0, 0.05) is 13.0 Å². The van der Waals surface area contributed by atoms with Crippen LogP contribution in [0.25, 0.3) is 0 Å². The van der Waals surface area contributed by atoms with Crippen molar-refractivity contribution in [2.45, 2.75) is 95.3 Å². The van der Waals surface area contributed by atoms with Gasteiger partial charge in [-0.3, -0.25) is 4.79 Å². The van der Waals surface area contributed by atoms with Gasteiger partial charge in [-0.1, -0.05) is 89.5 Å². The molecular weight excluding hydrogens is 421 g/mol. The van der Waals surface area contributed by atoms with Gasteiger partial charge >= 0.3 is 29.6 Å². The fourth-order valence-electron chi connectivity index (χ4n) is 3.62. The molecule has 1 aromatic carbocycles. The molecule has 1 aromatic rings. The van der Waals surface area contributed by atoms with Gasteiger partial charge in [-0.05, 0) is 37.1 Å². The van der Waals surface area contributed by atoms with Crippen molar-refractivity contribution in [2.24, 2.45) is 0 Å². The Morgan fingerprint density at radius 1 is 1.00 bits per heavy atom. The molecule has 0 N–H and O–H groups in total. The van der Waals surface area contributed by atoms with Gasteiger partial charge in [0.2, 0.25) is 5.91 Å². The average Bonchev–Trinajstić information content (AvgIpc) is 3.14. The van der Waals surface area contributed by atoms with Crippen molar-refractivity contribution in [2.75, 3.05) is 6.54 Å². The van der Waals surface area contributed by atoms with Gasteiger partial charge in [0.15, 0.2) is 0 Å². The molecular formula is C24H38NNaO4S. The van der Waals surface area contributed by atoms with Crippen LogP contribution in [0.5, 0.6) is 0 Å². The van der Waals surface area contributed by atoms with E-state index >= 15 is 0 Å². The van der Waals surface area contributed by atoms with Crippen LogP contribution in [0.4, 0.5) is 0 Å². The summed E-state index contributed by atoms with van der Waals surface area (Å²) in [7, 11) is -4.35. The number of aryl methyl sites for hydroxylation is 1. The zero-order valence-electron chi connectivity index (χ0n) is 19.5. The number of hydrogen-bond donors (Lipinski definition) is 0. The van der Waals surface area contributed by atoms with Gasteiger partial charge < -0.3 is 9.45 Å². The molecule has 0 atom stereocenters. The van der Waals surface area contributed by atoms with E-state index in [2.05, 4.69) is 13.5 Å². The zero-order chi connectivity index (χ0) is 22.2. The molecule has 0 radical (unpaired) electrons. The Labute approximate surface area is 211 Å². The third-order valence-corrected chi connectivity index (χ3v) is 6.31. The largest absolute Gasteiger partial charge is 1.00 e. The number of unbranched alkanes of at least 4 members (excludes halogenated alkanes) is 9. The number of nitrogens with zero attached hydrogens (tertiary/aromatic N) is 1. The van der Waals surface area contributed by atoms with E-state index in [4.69, 9.17) is 0 Å². The summed E-state index contributed by atoms with van der Waals surface area (Å²) in [6.07, 6.45) is 16.4. The Morgan fingerprint density at radius 3 is 2.00 bits per heavy atom. The summed E-state index contributed by atoms with van der Waals surface area (Å²) in [5.74, 6) is 0.208. The van der Waals surface area contributed by atoms with Crippen LogP contribution < -0.4 is 29.6 Å². The maximum absolute atomic E-state index is 11.2. The number of amides is 1. The molecule has 170 valence electrons. The van der Waals surface area contributed by atoms with Crippen LogP contribution in [0.3, 0.4) is 0 Å². The monoisotopic (exact) mass is 459 g/mol. The fourth-order valence-corrected chi connectivity index (χ4v) is 4.36. The second kappa shape index (κ2) is 17.8. The van der Waals surface area contributed by atoms with Crippen LogP contribution in [0.1, 0.15) is 89.5 Å². The third kappa shape index (κ3) is 13.5. The molecule has 1 amide bonds. The molecule has 2 rings (SSSR count). The van der Waals surface area contributed by atoms with Crippen molar-refractivity contribution < 1.29 is 47.3 Å². The maximum Gasteiger partial charge on any atom is 1.00 e. The fraction of sp³-hybridized carbons (Fsp3) is 0.625. The quantitative estimate of drug-likeness (QED) is 0.258. The molecule has 1 aliphatic heterocycles. The van der Waals surface area contributed by atoms with E-state index in [1.165, 1.54) is 57.4 Å². The van der Waals surface area contributed by atoms with Crippen molar-refractivity contribution in [1.29, 1.82) is 0 Å². The summed E-state index contributed by atoms with van der Waals surface area (Å²) < 4.78 is 33.5. The Bertz CT molecular complexity index is 737. The Balaban J connectivity index is 0.000000838. The van der Waals surface area contributed by atoms with E-state index in [0.29, 0.717) is 18.4 Å². The summed E-state index contributed by atoms with van der Waals surface area (Å²) in [5.41, 5.74) is 0.664. The van der Waals surface area contributed by atoms with E-state index in [-0.39, 0.29) is 40.4 Å². The average molecular weight is 460 g/mol. The van der Waals surface area contributed by atoms with Crippen molar-refractivity contribution in [1.82, 2.24) is 4.90 Å². The molecule has 31 heavy (non-hydrogen) atoms. The van der Waals surface area contributed by atoms with Gasteiger partial charge in [0.1, 0.15) is 10.1 Å². The van der Waals surface area contributed by atoms with Crippen molar-refractivity contribution in [3.05, 3.63) is 42.6 Å². The molecule has 0 bridgehead atoms. The first kappa shape index (κ1) is 30.3. The van der Waals surface area contributed by atoms with Gasteiger partial charge in [-0.15, -0.1) is 0 Å². The maximum atomic E-state index is 11.2. The summed E-state index contributed by atoms with van der Waals surface area (Å²) in [6, 6.07) is 6.56. The number of hydrogen-bond acceptors (Lipinski definition) is 4. The molecule has 1 saturated heterocycles. The van der Waals surface area contributed by atoms with Gasteiger partial charge in [-0.25, -0.2) is 8.42 Å². The first-order valence-corrected chi connectivity index (χ1v) is 12.8. The minimum absolute atomic E-state index is 0. The van der Waals surface area contributed by atoms with Crippen LogP contribution in [0.2, 0.25) is 0 Å². The molecule has 0 aliphatic carbocycles. The molecule has 0 spiro atoms. The minimum atomic E-state index is -4.35. The van der Waals surface area contributed by atoms with Crippen molar-refractivity contribution >= 4 is 16.0 Å². The van der Waals surface area contributed by atoms with E-state index < -0.39 is 10.1 Å². The van der Waals surface area contributed by atoms with Crippen LogP contribution in [0.15, 0.2) is 41.9 Å². The summed E-state index contributed by atoms with van der Waals surface area (Å²) >= 11 is 0. The summed E-state index contributed by atoms with van der Waals surface area (Å²) in [6.45, 7) is 6.59. The van der Waals surface area contributed by atoms with E-state index in [9.17, 15) is 17.8 Å². The van der Waals surface area contributed by atoms with Crippen LogP contribution in [-0.2, 0) is 21.3 Å². The van der Waals surface area contributed by atoms with Gasteiger partial charge in [0.05, 0.1) is 4.90 Å². The number of benzene rings is 1. The molecule has 7 heteroatoms. The summed E-state index contributed by atoms with van der Waals surface area (Å²) in [4.78, 5) is 12.3. The van der Waals surface area contributed by atoms with Crippen LogP contribution >= 0.6 is 0 Å². The molecule has 1 aliphatic rings. The Morgan fingerprint density at radius 2 is 1.55 bits per heavy atom. The molecule has 0 unspecified atom stereocenters. The number of carbonyl (C=O) groups is 1. The molecule has 0 saturated carbocycles. The topological polar surface area (TPSA) is 77.5 Å². The van der Waals surface area contributed by atoms with E-state index in [1.54, 1.807) is 29.3 Å². The smallest absolute Gasteiger partial charge is 0.744 e. The first-order chi connectivity index (χ1) is 14.4. The predicted molar refractivity (Wildman–Crippen MR) is 121 cm³/mol. The SMILES string of the molecule is C=CN1CCCC1=O.CCCCCCCCCCCCc1ccccc1S(=O)(=O)[O-].[Na+]. The molecule has 5 nitrogen and oxygen atoms in total. The van der Waals surface area contributed by atoms with Gasteiger partial charge in [0.25, 0.3) is 0 Å². The van der Waals surface area contributed by atoms with Crippen molar-refractivity contribution in [3.63, 3.8) is 0 Å². The van der Waals surface area contributed by atoms with Crippen molar-refractivity contribution in [3.8, 4) is 0 Å². The summed E-state index contributed by atoms with van der Waals surface area (Å²) in [5, 5.41) is 0. The molecule has 0 aromatic heterocycles. The Hall–Kier alpha value is -0.660. The number of carbonyl (C=O) groups excluding carboxylic acids is 1. The van der Waals surface area contributed by atoms with Crippen LogP contribution in [0, 0.1) is 0 Å². The molecule has 1 fully saturated rings. The minimum Gasteiger partial charge on any atom is -0.744 e. The number of likely N-dealkylation sites (tertiary alicyclic amines) is 1. The second-order valence-corrected chi connectivity index (χ2v) is 9.22. The normalized spacial score (nSPS) is 13.4. The standard InChI is InChI=1S/C18H30O3S.C6H9NO.Na/c1-2-3-4-5-6-7-8-9-10-11-14-17-15-12-13-16-18(17)22(19,20)21;1-2-7-5-3-4-6(7)8;/h12-13,15-16H,2-11,14H2,1H3,(H,19,20,21);2H,1,3-5H2;/q;;+1/p-1. The second-order valence-electron chi connectivity index (χ2n) is 7.87.